The molecule has 2 atom stereocenters. The third kappa shape index (κ3) is 4.44. The van der Waals surface area contributed by atoms with Gasteiger partial charge in [0.05, 0.1) is 6.04 Å². The van der Waals surface area contributed by atoms with Crippen LogP contribution in [-0.2, 0) is 17.0 Å². The number of aromatic hydroxyl groups is 1. The zero-order valence-corrected chi connectivity index (χ0v) is 19.8. The topological polar surface area (TPSA) is 53.4 Å². The average Bonchev–Trinajstić information content (AvgIpc) is 2.89. The second kappa shape index (κ2) is 9.74. The molecule has 170 valence electrons. The van der Waals surface area contributed by atoms with Crippen LogP contribution in [0.15, 0.2) is 97.3 Å². The molecule has 3 aromatic carbocycles. The van der Waals surface area contributed by atoms with Crippen LogP contribution in [0.25, 0.3) is 11.1 Å². The summed E-state index contributed by atoms with van der Waals surface area (Å²) in [4.78, 5) is 19.4. The van der Waals surface area contributed by atoms with Crippen molar-refractivity contribution in [2.45, 2.75) is 30.4 Å². The van der Waals surface area contributed by atoms with Gasteiger partial charge in [0.25, 0.3) is 0 Å². The van der Waals surface area contributed by atoms with Crippen LogP contribution in [0.3, 0.4) is 0 Å². The first-order valence-electron chi connectivity index (χ1n) is 11.5. The first-order valence-corrected chi connectivity index (χ1v) is 12.5. The predicted octanol–water partition coefficient (Wildman–Crippen LogP) is 6.41. The van der Waals surface area contributed by atoms with Gasteiger partial charge in [-0.25, -0.2) is 0 Å². The molecule has 4 nitrogen and oxygen atoms in total. The molecule has 0 bridgehead atoms. The predicted molar refractivity (Wildman–Crippen MR) is 139 cm³/mol. The number of benzene rings is 3. The molecular weight excluding hydrogens is 440 g/mol. The van der Waals surface area contributed by atoms with Crippen LogP contribution in [0.2, 0.25) is 0 Å². The molecule has 2 heterocycles. The van der Waals surface area contributed by atoms with E-state index >= 15 is 0 Å². The van der Waals surface area contributed by atoms with Gasteiger partial charge in [-0.05, 0) is 64.6 Å². The largest absolute Gasteiger partial charge is 0.508 e. The van der Waals surface area contributed by atoms with Crippen molar-refractivity contribution in [3.8, 4) is 16.9 Å². The van der Waals surface area contributed by atoms with Gasteiger partial charge in [0, 0.05) is 23.8 Å². The lowest BCUT2D eigenvalue weighted by molar-refractivity contribution is -0.123. The van der Waals surface area contributed by atoms with Gasteiger partial charge in [0.1, 0.15) is 11.0 Å². The summed E-state index contributed by atoms with van der Waals surface area (Å²) >= 11 is 1.68. The number of hydrogen-bond donors (Lipinski definition) is 1. The van der Waals surface area contributed by atoms with E-state index in [1.807, 2.05) is 59.6 Å². The molecule has 0 saturated carbocycles. The Balaban J connectivity index is 1.39. The zero-order chi connectivity index (χ0) is 23.5. The third-order valence-electron chi connectivity index (χ3n) is 6.28. The van der Waals surface area contributed by atoms with E-state index in [2.05, 4.69) is 36.2 Å². The maximum Gasteiger partial charge on any atom is 0.243 e. The molecule has 1 aliphatic rings. The molecular formula is C29H26N2O2S. The van der Waals surface area contributed by atoms with Crippen molar-refractivity contribution in [2.75, 3.05) is 4.90 Å². The van der Waals surface area contributed by atoms with Crippen LogP contribution in [0.1, 0.15) is 29.7 Å². The molecule has 34 heavy (non-hydrogen) atoms. The number of anilines is 1. The van der Waals surface area contributed by atoms with Crippen LogP contribution < -0.4 is 4.90 Å². The lowest BCUT2D eigenvalue weighted by atomic mass is 9.92. The molecule has 1 saturated heterocycles. The zero-order valence-electron chi connectivity index (χ0n) is 19.0. The first kappa shape index (κ1) is 22.2. The van der Waals surface area contributed by atoms with Crippen molar-refractivity contribution in [3.63, 3.8) is 0 Å². The number of carbonyl (C=O) groups is 1. The van der Waals surface area contributed by atoms with Gasteiger partial charge in [-0.1, -0.05) is 61.5 Å². The van der Waals surface area contributed by atoms with Gasteiger partial charge in [0.15, 0.2) is 0 Å². The fourth-order valence-electron chi connectivity index (χ4n) is 4.31. The number of amides is 1. The Hall–Kier alpha value is -3.57. The minimum absolute atomic E-state index is 0.0859. The number of phenols is 1. The summed E-state index contributed by atoms with van der Waals surface area (Å²) in [6.45, 7) is 2.15. The molecule has 1 unspecified atom stereocenters. The van der Waals surface area contributed by atoms with E-state index in [4.69, 9.17) is 0 Å². The van der Waals surface area contributed by atoms with Crippen LogP contribution >= 0.6 is 11.8 Å². The Bertz CT molecular complexity index is 1260. The van der Waals surface area contributed by atoms with E-state index < -0.39 is 0 Å². The summed E-state index contributed by atoms with van der Waals surface area (Å²) in [5.74, 6) is 1.12. The summed E-state index contributed by atoms with van der Waals surface area (Å²) in [7, 11) is 0. The van der Waals surface area contributed by atoms with E-state index in [9.17, 15) is 9.90 Å². The second-order valence-corrected chi connectivity index (χ2v) is 9.56. The van der Waals surface area contributed by atoms with Crippen molar-refractivity contribution in [1.29, 1.82) is 0 Å². The molecule has 1 amide bonds. The van der Waals surface area contributed by atoms with Gasteiger partial charge >= 0.3 is 0 Å². The van der Waals surface area contributed by atoms with E-state index in [0.717, 1.165) is 34.6 Å². The second-order valence-electron chi connectivity index (χ2n) is 8.43. The van der Waals surface area contributed by atoms with E-state index in [0.29, 0.717) is 0 Å². The van der Waals surface area contributed by atoms with E-state index in [1.165, 1.54) is 11.1 Å². The lowest BCUT2D eigenvalue weighted by Gasteiger charge is -2.47. The standard InChI is InChI=1S/C29H26N2O2S/c1-2-20-5-7-21(8-6-20)19-34-28-27(23-11-15-26(32)16-12-23)31(29(28)33)25-13-9-22(10-14-25)24-4-3-17-30-18-24/h3-18,27-28,32H,2,19H2,1H3/t27?,28-/m1/s1. The fraction of sp³-hybridized carbons (Fsp3) is 0.172. The summed E-state index contributed by atoms with van der Waals surface area (Å²) in [6, 6.07) is 27.7. The number of β-lactam (4-membered cyclic amide) rings is 1. The number of pyridine rings is 1. The maximum absolute atomic E-state index is 13.3. The van der Waals surface area contributed by atoms with Crippen molar-refractivity contribution in [2.24, 2.45) is 0 Å². The van der Waals surface area contributed by atoms with E-state index in [-0.39, 0.29) is 22.9 Å². The number of rotatable bonds is 7. The smallest absolute Gasteiger partial charge is 0.243 e. The normalized spacial score (nSPS) is 17.4. The quantitative estimate of drug-likeness (QED) is 0.320. The van der Waals surface area contributed by atoms with Crippen LogP contribution in [-0.4, -0.2) is 21.2 Å². The number of aryl methyl sites for hydroxylation is 1. The molecule has 1 fully saturated rings. The average molecular weight is 467 g/mol. The summed E-state index contributed by atoms with van der Waals surface area (Å²) in [5, 5.41) is 9.60. The van der Waals surface area contributed by atoms with Gasteiger partial charge in [-0.15, -0.1) is 11.8 Å². The molecule has 1 N–H and O–H groups in total. The highest BCUT2D eigenvalue weighted by Gasteiger charge is 2.49. The Morgan fingerprint density at radius 2 is 1.59 bits per heavy atom. The third-order valence-corrected chi connectivity index (χ3v) is 7.60. The first-order chi connectivity index (χ1) is 16.6. The number of phenolic OH excluding ortho intramolecular Hbond substituents is 1. The molecule has 4 aromatic rings. The molecule has 0 aliphatic carbocycles. The van der Waals surface area contributed by atoms with Crippen molar-refractivity contribution < 1.29 is 9.90 Å². The molecule has 1 aliphatic heterocycles. The van der Waals surface area contributed by atoms with Gasteiger partial charge in [0.2, 0.25) is 5.91 Å². The Kier molecular flexibility index (Phi) is 6.37. The Morgan fingerprint density at radius 1 is 0.882 bits per heavy atom. The summed E-state index contributed by atoms with van der Waals surface area (Å²) in [6.07, 6.45) is 4.61. The number of nitrogens with zero attached hydrogens (tertiary/aromatic N) is 2. The Labute approximate surface area is 204 Å². The minimum atomic E-state index is -0.173. The van der Waals surface area contributed by atoms with Crippen LogP contribution in [0.4, 0.5) is 5.69 Å². The molecule has 5 rings (SSSR count). The summed E-state index contributed by atoms with van der Waals surface area (Å²) < 4.78 is 0. The molecule has 1 aromatic heterocycles. The SMILES string of the molecule is CCc1ccc(CS[C@H]2C(=O)N(c3ccc(-c4cccnc4)cc3)C2c2ccc(O)cc2)cc1. The molecule has 0 radical (unpaired) electrons. The Morgan fingerprint density at radius 3 is 2.24 bits per heavy atom. The number of aromatic nitrogens is 1. The van der Waals surface area contributed by atoms with Crippen molar-refractivity contribution in [3.05, 3.63) is 114 Å². The number of thioether (sulfide) groups is 1. The lowest BCUT2D eigenvalue weighted by Crippen LogP contribution is -2.57. The van der Waals surface area contributed by atoms with Gasteiger partial charge in [-0.2, -0.15) is 0 Å². The van der Waals surface area contributed by atoms with Gasteiger partial charge in [-0.3, -0.25) is 9.78 Å². The van der Waals surface area contributed by atoms with E-state index in [1.54, 1.807) is 30.1 Å². The maximum atomic E-state index is 13.3. The van der Waals surface area contributed by atoms with Gasteiger partial charge < -0.3 is 10.0 Å². The number of carbonyl (C=O) groups excluding carboxylic acids is 1. The summed E-state index contributed by atoms with van der Waals surface area (Å²) in [5.41, 5.74) is 6.54. The fourth-order valence-corrected chi connectivity index (χ4v) is 5.60. The van der Waals surface area contributed by atoms with Crippen LogP contribution in [0.5, 0.6) is 5.75 Å². The number of hydrogen-bond acceptors (Lipinski definition) is 4. The highest BCUT2D eigenvalue weighted by atomic mass is 32.2. The minimum Gasteiger partial charge on any atom is -0.508 e. The highest BCUT2D eigenvalue weighted by Crippen LogP contribution is 2.46. The van der Waals surface area contributed by atoms with Crippen molar-refractivity contribution in [1.82, 2.24) is 4.98 Å². The highest BCUT2D eigenvalue weighted by molar-refractivity contribution is 8.00. The molecule has 0 spiro atoms. The van der Waals surface area contributed by atoms with Crippen molar-refractivity contribution >= 4 is 23.4 Å². The molecule has 5 heteroatoms. The van der Waals surface area contributed by atoms with Crippen LogP contribution in [0, 0.1) is 0 Å². The monoisotopic (exact) mass is 466 g/mol.